The number of carbonyl (C=O) groups excluding carboxylic acids is 1. The molecule has 1 aromatic carbocycles. The van der Waals surface area contributed by atoms with Crippen LogP contribution in [0.15, 0.2) is 41.0 Å². The van der Waals surface area contributed by atoms with Crippen LogP contribution in [0.5, 0.6) is 5.75 Å². The molecule has 6 heteroatoms. The van der Waals surface area contributed by atoms with E-state index in [0.29, 0.717) is 18.7 Å². The second kappa shape index (κ2) is 7.88. The summed E-state index contributed by atoms with van der Waals surface area (Å²) in [5.41, 5.74) is 0.936. The van der Waals surface area contributed by atoms with Crippen molar-refractivity contribution in [1.29, 1.82) is 0 Å². The molecule has 0 bridgehead atoms. The molecule has 2 amide bonds. The van der Waals surface area contributed by atoms with Crippen molar-refractivity contribution >= 4 is 6.03 Å². The smallest absolute Gasteiger partial charge is 0.314 e. The molecule has 0 spiro atoms. The van der Waals surface area contributed by atoms with Crippen molar-refractivity contribution in [1.82, 2.24) is 10.6 Å². The summed E-state index contributed by atoms with van der Waals surface area (Å²) in [4.78, 5) is 11.9. The van der Waals surface area contributed by atoms with Crippen LogP contribution in [-0.4, -0.2) is 31.3 Å². The zero-order valence-corrected chi connectivity index (χ0v) is 14.3. The molecule has 2 rings (SSSR count). The molecule has 1 atom stereocenters. The lowest BCUT2D eigenvalue weighted by molar-refractivity contribution is 0.0367. The average Bonchev–Trinajstić information content (AvgIpc) is 3.09. The van der Waals surface area contributed by atoms with E-state index < -0.39 is 5.60 Å². The van der Waals surface area contributed by atoms with Crippen LogP contribution < -0.4 is 15.4 Å². The number of aryl methyl sites for hydroxylation is 1. The third-order valence-corrected chi connectivity index (χ3v) is 3.76. The van der Waals surface area contributed by atoms with E-state index in [1.54, 1.807) is 26.2 Å². The molecule has 0 aliphatic rings. The second-order valence-electron chi connectivity index (χ2n) is 5.93. The maximum absolute atomic E-state index is 11.9. The number of urea groups is 1. The highest BCUT2D eigenvalue weighted by Gasteiger charge is 2.26. The molecule has 6 nitrogen and oxygen atoms in total. The SMILES string of the molecule is COc1ccc(C)cc1CCNC(=O)NCC(C)(O)c1ccco1. The second-order valence-corrected chi connectivity index (χ2v) is 5.93. The first-order valence-corrected chi connectivity index (χ1v) is 7.84. The number of methoxy groups -OCH3 is 1. The Labute approximate surface area is 141 Å². The van der Waals surface area contributed by atoms with Gasteiger partial charge in [0, 0.05) is 6.54 Å². The summed E-state index contributed by atoms with van der Waals surface area (Å²) in [7, 11) is 1.63. The number of rotatable bonds is 7. The highest BCUT2D eigenvalue weighted by atomic mass is 16.5. The first-order valence-electron chi connectivity index (χ1n) is 7.84. The lowest BCUT2D eigenvalue weighted by atomic mass is 10.0. The fraction of sp³-hybridized carbons (Fsp3) is 0.389. The first-order chi connectivity index (χ1) is 11.4. The Kier molecular flexibility index (Phi) is 5.87. The third-order valence-electron chi connectivity index (χ3n) is 3.76. The van der Waals surface area contributed by atoms with Crippen LogP contribution in [-0.2, 0) is 12.0 Å². The van der Waals surface area contributed by atoms with E-state index in [0.717, 1.165) is 16.9 Å². The molecule has 24 heavy (non-hydrogen) atoms. The molecule has 0 aliphatic carbocycles. The molecule has 0 radical (unpaired) electrons. The van der Waals surface area contributed by atoms with E-state index in [9.17, 15) is 9.90 Å². The Morgan fingerprint density at radius 3 is 2.79 bits per heavy atom. The van der Waals surface area contributed by atoms with Gasteiger partial charge in [-0.15, -0.1) is 0 Å². The zero-order chi connectivity index (χ0) is 17.6. The van der Waals surface area contributed by atoms with Gasteiger partial charge in [0.25, 0.3) is 0 Å². The predicted molar refractivity (Wildman–Crippen MR) is 91.1 cm³/mol. The molecule has 130 valence electrons. The minimum atomic E-state index is -1.25. The standard InChI is InChI=1S/C18H24N2O4/c1-13-6-7-15(23-3)14(11-13)8-9-19-17(21)20-12-18(2,22)16-5-4-10-24-16/h4-7,10-11,22H,8-9,12H2,1-3H3,(H2,19,20,21). The van der Waals surface area contributed by atoms with Crippen LogP contribution >= 0.6 is 0 Å². The topological polar surface area (TPSA) is 83.7 Å². The summed E-state index contributed by atoms with van der Waals surface area (Å²) >= 11 is 0. The van der Waals surface area contributed by atoms with E-state index >= 15 is 0 Å². The van der Waals surface area contributed by atoms with Gasteiger partial charge in [-0.1, -0.05) is 17.7 Å². The quantitative estimate of drug-likeness (QED) is 0.727. The molecule has 0 aliphatic heterocycles. The van der Waals surface area contributed by atoms with Crippen molar-refractivity contribution < 1.29 is 19.1 Å². The number of aliphatic hydroxyl groups is 1. The number of hydrogen-bond donors (Lipinski definition) is 3. The summed E-state index contributed by atoms with van der Waals surface area (Å²) in [5.74, 6) is 1.22. The highest BCUT2D eigenvalue weighted by molar-refractivity contribution is 5.73. The van der Waals surface area contributed by atoms with Crippen LogP contribution in [0.1, 0.15) is 23.8 Å². The van der Waals surface area contributed by atoms with Gasteiger partial charge in [0.1, 0.15) is 17.1 Å². The van der Waals surface area contributed by atoms with E-state index in [2.05, 4.69) is 10.6 Å². The number of benzene rings is 1. The lowest BCUT2D eigenvalue weighted by Crippen LogP contribution is -2.43. The fourth-order valence-electron chi connectivity index (χ4n) is 2.40. The van der Waals surface area contributed by atoms with Crippen molar-refractivity contribution in [3.63, 3.8) is 0 Å². The van der Waals surface area contributed by atoms with Gasteiger partial charge >= 0.3 is 6.03 Å². The van der Waals surface area contributed by atoms with Gasteiger partial charge in [-0.05, 0) is 44.0 Å². The highest BCUT2D eigenvalue weighted by Crippen LogP contribution is 2.20. The van der Waals surface area contributed by atoms with Crippen molar-refractivity contribution in [2.24, 2.45) is 0 Å². The first kappa shape index (κ1) is 17.9. The van der Waals surface area contributed by atoms with Crippen molar-refractivity contribution in [3.05, 3.63) is 53.5 Å². The molecule has 1 unspecified atom stereocenters. The third kappa shape index (κ3) is 4.76. The summed E-state index contributed by atoms with van der Waals surface area (Å²) in [6.45, 7) is 4.12. The Balaban J connectivity index is 1.79. The average molecular weight is 332 g/mol. The Morgan fingerprint density at radius 1 is 1.33 bits per heavy atom. The Hall–Kier alpha value is -2.47. The summed E-state index contributed by atoms with van der Waals surface area (Å²) < 4.78 is 10.5. The molecule has 1 aromatic heterocycles. The molecule has 0 saturated heterocycles. The van der Waals surface area contributed by atoms with Crippen LogP contribution in [0, 0.1) is 6.92 Å². The maximum atomic E-state index is 11.9. The number of amides is 2. The van der Waals surface area contributed by atoms with Gasteiger partial charge in [0.15, 0.2) is 0 Å². The van der Waals surface area contributed by atoms with Gasteiger partial charge in [-0.25, -0.2) is 4.79 Å². The zero-order valence-electron chi connectivity index (χ0n) is 14.3. The van der Waals surface area contributed by atoms with Gasteiger partial charge in [-0.2, -0.15) is 0 Å². The number of furan rings is 1. The number of ether oxygens (including phenoxy) is 1. The molecular weight excluding hydrogens is 308 g/mol. The van der Waals surface area contributed by atoms with Gasteiger partial charge < -0.3 is 24.9 Å². The van der Waals surface area contributed by atoms with Crippen LogP contribution in [0.2, 0.25) is 0 Å². The van der Waals surface area contributed by atoms with Gasteiger partial charge in [-0.3, -0.25) is 0 Å². The summed E-state index contributed by atoms with van der Waals surface area (Å²) in [6, 6.07) is 8.97. The lowest BCUT2D eigenvalue weighted by Gasteiger charge is -2.21. The monoisotopic (exact) mass is 332 g/mol. The van der Waals surface area contributed by atoms with E-state index in [4.69, 9.17) is 9.15 Å². The van der Waals surface area contributed by atoms with E-state index in [-0.39, 0.29) is 12.6 Å². The van der Waals surface area contributed by atoms with Crippen LogP contribution in [0.25, 0.3) is 0 Å². The molecule has 3 N–H and O–H groups in total. The summed E-state index contributed by atoms with van der Waals surface area (Å²) in [5, 5.41) is 15.7. The fourth-order valence-corrected chi connectivity index (χ4v) is 2.40. The summed E-state index contributed by atoms with van der Waals surface area (Å²) in [6.07, 6.45) is 2.14. The minimum absolute atomic E-state index is 0.0557. The molecule has 0 saturated carbocycles. The van der Waals surface area contributed by atoms with Gasteiger partial charge in [0.2, 0.25) is 0 Å². The molecule has 1 heterocycles. The number of carbonyl (C=O) groups is 1. The Bertz CT molecular complexity index is 666. The predicted octanol–water partition coefficient (Wildman–Crippen LogP) is 2.35. The Morgan fingerprint density at radius 2 is 2.12 bits per heavy atom. The van der Waals surface area contributed by atoms with Crippen LogP contribution in [0.3, 0.4) is 0 Å². The maximum Gasteiger partial charge on any atom is 0.314 e. The van der Waals surface area contributed by atoms with Crippen molar-refractivity contribution in [3.8, 4) is 5.75 Å². The van der Waals surface area contributed by atoms with Crippen molar-refractivity contribution in [2.75, 3.05) is 20.2 Å². The molecule has 2 aromatic rings. The largest absolute Gasteiger partial charge is 0.496 e. The number of hydrogen-bond acceptors (Lipinski definition) is 4. The normalized spacial score (nSPS) is 13.2. The van der Waals surface area contributed by atoms with Gasteiger partial charge in [0.05, 0.1) is 19.9 Å². The molecule has 0 fully saturated rings. The van der Waals surface area contributed by atoms with Crippen molar-refractivity contribution in [2.45, 2.75) is 25.9 Å². The minimum Gasteiger partial charge on any atom is -0.496 e. The van der Waals surface area contributed by atoms with E-state index in [1.165, 1.54) is 6.26 Å². The van der Waals surface area contributed by atoms with E-state index in [1.807, 2.05) is 25.1 Å². The molecular formula is C18H24N2O4. The van der Waals surface area contributed by atoms with Crippen LogP contribution in [0.4, 0.5) is 4.79 Å². The number of nitrogens with one attached hydrogen (secondary N) is 2.